The molecule has 2 aromatic rings. The molecule has 1 aromatic carbocycles. The Morgan fingerprint density at radius 2 is 2.17 bits per heavy atom. The van der Waals surface area contributed by atoms with E-state index in [0.29, 0.717) is 6.54 Å². The molecule has 5 heteroatoms. The van der Waals surface area contributed by atoms with Crippen molar-refractivity contribution in [3.8, 4) is 0 Å². The number of carbonyl (C=O) groups is 1. The third-order valence-electron chi connectivity index (χ3n) is 2.68. The molecule has 1 atom stereocenters. The van der Waals surface area contributed by atoms with E-state index in [2.05, 4.69) is 26.3 Å². The Morgan fingerprint density at radius 1 is 1.44 bits per heavy atom. The summed E-state index contributed by atoms with van der Waals surface area (Å²) in [5.74, 6) is -0.0402. The lowest BCUT2D eigenvalue weighted by Gasteiger charge is -2.12. The molecule has 0 radical (unpaired) electrons. The Hall–Kier alpha value is -1.62. The number of benzene rings is 1. The minimum Gasteiger partial charge on any atom is -0.350 e. The minimum atomic E-state index is -0.296. The first-order chi connectivity index (χ1) is 8.66. The van der Waals surface area contributed by atoms with E-state index in [-0.39, 0.29) is 11.9 Å². The van der Waals surface area contributed by atoms with E-state index in [0.717, 1.165) is 10.0 Å². The van der Waals surface area contributed by atoms with Crippen LogP contribution < -0.4 is 5.32 Å². The molecule has 0 saturated heterocycles. The third kappa shape index (κ3) is 3.20. The predicted octanol–water partition coefficient (Wildman–Crippen LogP) is 2.52. The highest BCUT2D eigenvalue weighted by molar-refractivity contribution is 9.10. The van der Waals surface area contributed by atoms with Crippen molar-refractivity contribution in [2.24, 2.45) is 0 Å². The van der Waals surface area contributed by atoms with Crippen LogP contribution in [0.2, 0.25) is 0 Å². The lowest BCUT2D eigenvalue weighted by atomic mass is 10.2. The average Bonchev–Trinajstić information content (AvgIpc) is 2.90. The van der Waals surface area contributed by atoms with Gasteiger partial charge in [-0.25, -0.2) is 0 Å². The number of hydrogen-bond acceptors (Lipinski definition) is 2. The molecule has 18 heavy (non-hydrogen) atoms. The number of hydrogen-bond donors (Lipinski definition) is 1. The highest BCUT2D eigenvalue weighted by atomic mass is 79.9. The molecule has 1 heterocycles. The van der Waals surface area contributed by atoms with Gasteiger partial charge in [0, 0.05) is 23.4 Å². The lowest BCUT2D eigenvalue weighted by molar-refractivity contribution is -0.124. The SMILES string of the molecule is CC(C(=O)NCc1ccc(Br)cc1)n1cccn1. The minimum absolute atomic E-state index is 0.0402. The Morgan fingerprint density at radius 3 is 2.78 bits per heavy atom. The molecule has 0 spiro atoms. The highest BCUT2D eigenvalue weighted by Gasteiger charge is 2.13. The monoisotopic (exact) mass is 307 g/mol. The second-order valence-electron chi connectivity index (χ2n) is 4.01. The average molecular weight is 308 g/mol. The van der Waals surface area contributed by atoms with Crippen LogP contribution in [-0.2, 0) is 11.3 Å². The van der Waals surface area contributed by atoms with Crippen molar-refractivity contribution < 1.29 is 4.79 Å². The molecule has 0 saturated carbocycles. The number of nitrogens with zero attached hydrogens (tertiary/aromatic N) is 2. The number of amides is 1. The number of halogens is 1. The number of nitrogens with one attached hydrogen (secondary N) is 1. The zero-order valence-corrected chi connectivity index (χ0v) is 11.6. The van der Waals surface area contributed by atoms with Crippen molar-refractivity contribution in [3.63, 3.8) is 0 Å². The van der Waals surface area contributed by atoms with E-state index in [1.54, 1.807) is 23.1 Å². The summed E-state index contributed by atoms with van der Waals surface area (Å²) < 4.78 is 2.67. The fourth-order valence-electron chi connectivity index (χ4n) is 1.57. The largest absolute Gasteiger partial charge is 0.350 e. The van der Waals surface area contributed by atoms with Crippen LogP contribution in [0.1, 0.15) is 18.5 Å². The van der Waals surface area contributed by atoms with Crippen LogP contribution in [0.15, 0.2) is 47.2 Å². The zero-order chi connectivity index (χ0) is 13.0. The zero-order valence-electron chi connectivity index (χ0n) is 10.0. The molecule has 0 bridgehead atoms. The number of aromatic nitrogens is 2. The van der Waals surface area contributed by atoms with Gasteiger partial charge in [0.25, 0.3) is 0 Å². The summed E-state index contributed by atoms with van der Waals surface area (Å²) in [6.45, 7) is 2.35. The summed E-state index contributed by atoms with van der Waals surface area (Å²) in [5.41, 5.74) is 1.07. The van der Waals surface area contributed by atoms with Gasteiger partial charge in [-0.15, -0.1) is 0 Å². The van der Waals surface area contributed by atoms with Crippen molar-refractivity contribution in [1.82, 2.24) is 15.1 Å². The Labute approximate surface area is 114 Å². The normalized spacial score (nSPS) is 12.1. The van der Waals surface area contributed by atoms with Gasteiger partial charge < -0.3 is 5.32 Å². The summed E-state index contributed by atoms with van der Waals surface area (Å²) in [5, 5.41) is 6.94. The van der Waals surface area contributed by atoms with Crippen LogP contribution in [0.5, 0.6) is 0 Å². The first-order valence-corrected chi connectivity index (χ1v) is 6.47. The van der Waals surface area contributed by atoms with Crippen LogP contribution >= 0.6 is 15.9 Å². The fraction of sp³-hybridized carbons (Fsp3) is 0.231. The predicted molar refractivity (Wildman–Crippen MR) is 72.9 cm³/mol. The molecule has 4 nitrogen and oxygen atoms in total. The number of carbonyl (C=O) groups excluding carboxylic acids is 1. The molecule has 2 rings (SSSR count). The van der Waals surface area contributed by atoms with Gasteiger partial charge in [-0.1, -0.05) is 28.1 Å². The smallest absolute Gasteiger partial charge is 0.244 e. The Bertz CT molecular complexity index is 508. The van der Waals surface area contributed by atoms with Gasteiger partial charge >= 0.3 is 0 Å². The van der Waals surface area contributed by atoms with E-state index in [1.807, 2.05) is 31.2 Å². The van der Waals surface area contributed by atoms with Gasteiger partial charge in [0.15, 0.2) is 0 Å². The molecule has 1 aromatic heterocycles. The molecule has 0 aliphatic carbocycles. The second-order valence-corrected chi connectivity index (χ2v) is 4.92. The molecule has 1 unspecified atom stereocenters. The molecular weight excluding hydrogens is 294 g/mol. The van der Waals surface area contributed by atoms with Crippen molar-refractivity contribution in [3.05, 3.63) is 52.8 Å². The van der Waals surface area contributed by atoms with Crippen LogP contribution in [-0.4, -0.2) is 15.7 Å². The van der Waals surface area contributed by atoms with Gasteiger partial charge in [-0.05, 0) is 30.7 Å². The Balaban J connectivity index is 1.90. The van der Waals surface area contributed by atoms with Gasteiger partial charge in [-0.3, -0.25) is 9.48 Å². The summed E-state index contributed by atoms with van der Waals surface area (Å²) in [6.07, 6.45) is 3.45. The molecule has 0 aliphatic rings. The van der Waals surface area contributed by atoms with Gasteiger partial charge in [0.05, 0.1) is 0 Å². The van der Waals surface area contributed by atoms with Crippen molar-refractivity contribution in [1.29, 1.82) is 0 Å². The standard InChI is InChI=1S/C13H14BrN3O/c1-10(17-8-2-7-16-17)13(18)15-9-11-3-5-12(14)6-4-11/h2-8,10H,9H2,1H3,(H,15,18). The maximum atomic E-state index is 11.9. The quantitative estimate of drug-likeness (QED) is 0.943. The van der Waals surface area contributed by atoms with Crippen LogP contribution in [0.4, 0.5) is 0 Å². The van der Waals surface area contributed by atoms with Gasteiger partial charge in [-0.2, -0.15) is 5.10 Å². The first kappa shape index (κ1) is 12.8. The van der Waals surface area contributed by atoms with E-state index >= 15 is 0 Å². The lowest BCUT2D eigenvalue weighted by Crippen LogP contribution is -2.30. The molecule has 94 valence electrons. The Kier molecular flexibility index (Phi) is 4.15. The van der Waals surface area contributed by atoms with Gasteiger partial charge in [0.2, 0.25) is 5.91 Å². The summed E-state index contributed by atoms with van der Waals surface area (Å²) in [7, 11) is 0. The van der Waals surface area contributed by atoms with E-state index in [4.69, 9.17) is 0 Å². The topological polar surface area (TPSA) is 46.9 Å². The number of rotatable bonds is 4. The molecule has 0 aliphatic heterocycles. The van der Waals surface area contributed by atoms with Crippen LogP contribution in [0.25, 0.3) is 0 Å². The van der Waals surface area contributed by atoms with E-state index < -0.39 is 0 Å². The van der Waals surface area contributed by atoms with Crippen molar-refractivity contribution in [2.75, 3.05) is 0 Å². The maximum Gasteiger partial charge on any atom is 0.244 e. The van der Waals surface area contributed by atoms with Crippen LogP contribution in [0, 0.1) is 0 Å². The summed E-state index contributed by atoms with van der Waals surface area (Å²) in [6, 6.07) is 9.37. The van der Waals surface area contributed by atoms with Crippen molar-refractivity contribution in [2.45, 2.75) is 19.5 Å². The maximum absolute atomic E-state index is 11.9. The fourth-order valence-corrected chi connectivity index (χ4v) is 1.83. The van der Waals surface area contributed by atoms with Crippen molar-refractivity contribution >= 4 is 21.8 Å². The van der Waals surface area contributed by atoms with E-state index in [1.165, 1.54) is 0 Å². The highest BCUT2D eigenvalue weighted by Crippen LogP contribution is 2.10. The van der Waals surface area contributed by atoms with Gasteiger partial charge in [0.1, 0.15) is 6.04 Å². The molecule has 0 fully saturated rings. The summed E-state index contributed by atoms with van der Waals surface area (Å²) in [4.78, 5) is 11.9. The summed E-state index contributed by atoms with van der Waals surface area (Å²) >= 11 is 3.38. The second kappa shape index (κ2) is 5.82. The molecule has 1 amide bonds. The first-order valence-electron chi connectivity index (χ1n) is 5.68. The molecule has 1 N–H and O–H groups in total. The third-order valence-corrected chi connectivity index (χ3v) is 3.21. The van der Waals surface area contributed by atoms with Crippen LogP contribution in [0.3, 0.4) is 0 Å². The molecular formula is C13H14BrN3O. The van der Waals surface area contributed by atoms with E-state index in [9.17, 15) is 4.79 Å².